The highest BCUT2D eigenvalue weighted by Gasteiger charge is 2.35. The van der Waals surface area contributed by atoms with Gasteiger partial charge in [0.2, 0.25) is 5.95 Å². The summed E-state index contributed by atoms with van der Waals surface area (Å²) in [7, 11) is 3.04. The first-order valence-corrected chi connectivity index (χ1v) is 9.53. The third kappa shape index (κ3) is 3.35. The van der Waals surface area contributed by atoms with Crippen LogP contribution in [0.4, 0.5) is 5.95 Å². The number of hydrogen-bond acceptors (Lipinski definition) is 7. The summed E-state index contributed by atoms with van der Waals surface area (Å²) >= 11 is 0. The van der Waals surface area contributed by atoms with Crippen LogP contribution in [-0.4, -0.2) is 48.1 Å². The number of para-hydroxylation sites is 2. The number of imidazole rings is 1. The van der Waals surface area contributed by atoms with Gasteiger partial charge in [-0.2, -0.15) is 0 Å². The van der Waals surface area contributed by atoms with Gasteiger partial charge in [0.05, 0.1) is 36.4 Å². The molecule has 30 heavy (non-hydrogen) atoms. The van der Waals surface area contributed by atoms with Crippen LogP contribution in [0, 0.1) is 0 Å². The number of esters is 1. The van der Waals surface area contributed by atoms with Crippen molar-refractivity contribution in [3.05, 3.63) is 59.3 Å². The lowest BCUT2D eigenvalue weighted by Gasteiger charge is -2.30. The van der Waals surface area contributed by atoms with Gasteiger partial charge in [-0.15, -0.1) is 0 Å². The van der Waals surface area contributed by atoms with E-state index in [1.165, 1.54) is 7.11 Å². The summed E-state index contributed by atoms with van der Waals surface area (Å²) in [6, 6.07) is 12.2. The number of nitrogens with one attached hydrogen (secondary N) is 1. The molecule has 0 unspecified atom stereocenters. The van der Waals surface area contributed by atoms with Gasteiger partial charge >= 0.3 is 5.97 Å². The summed E-state index contributed by atoms with van der Waals surface area (Å²) in [6.07, 6.45) is 0. The van der Waals surface area contributed by atoms with Gasteiger partial charge < -0.3 is 24.6 Å². The average molecular weight is 409 g/mol. The van der Waals surface area contributed by atoms with Crippen molar-refractivity contribution in [2.75, 3.05) is 32.8 Å². The van der Waals surface area contributed by atoms with Crippen molar-refractivity contribution in [1.29, 1.82) is 0 Å². The number of carbonyl (C=O) groups excluding carboxylic acids is 1. The van der Waals surface area contributed by atoms with E-state index in [9.17, 15) is 9.90 Å². The molecule has 1 aliphatic rings. The van der Waals surface area contributed by atoms with Crippen LogP contribution in [-0.2, 0) is 14.3 Å². The minimum atomic E-state index is -0.516. The SMILES string of the molecule is COCCOC(=O)C1=C(C)Nc2nc3ccccc3n2[C@@H]1c1ccc(O)c(OC)c1. The van der Waals surface area contributed by atoms with Crippen molar-refractivity contribution in [3.8, 4) is 11.5 Å². The van der Waals surface area contributed by atoms with Crippen LogP contribution in [0.1, 0.15) is 18.5 Å². The van der Waals surface area contributed by atoms with Crippen LogP contribution < -0.4 is 10.1 Å². The number of fused-ring (bicyclic) bond motifs is 3. The normalized spacial score (nSPS) is 15.6. The Kier molecular flexibility index (Phi) is 5.33. The summed E-state index contributed by atoms with van der Waals surface area (Å²) < 4.78 is 17.7. The summed E-state index contributed by atoms with van der Waals surface area (Å²) in [5.74, 6) is 0.522. The number of phenols is 1. The van der Waals surface area contributed by atoms with E-state index in [1.54, 1.807) is 25.3 Å². The van der Waals surface area contributed by atoms with Gasteiger partial charge in [-0.25, -0.2) is 9.78 Å². The number of hydrogen-bond donors (Lipinski definition) is 2. The van der Waals surface area contributed by atoms with E-state index in [4.69, 9.17) is 14.2 Å². The quantitative estimate of drug-likeness (QED) is 0.477. The average Bonchev–Trinajstić information content (AvgIpc) is 3.11. The van der Waals surface area contributed by atoms with Gasteiger partial charge in [-0.1, -0.05) is 18.2 Å². The highest BCUT2D eigenvalue weighted by molar-refractivity contribution is 5.94. The number of carbonyl (C=O) groups is 1. The van der Waals surface area contributed by atoms with Gasteiger partial charge in [0.15, 0.2) is 11.5 Å². The molecule has 2 aromatic carbocycles. The molecular formula is C22H23N3O5. The molecule has 0 amide bonds. The van der Waals surface area contributed by atoms with Crippen molar-refractivity contribution in [2.24, 2.45) is 0 Å². The van der Waals surface area contributed by atoms with E-state index in [2.05, 4.69) is 10.3 Å². The van der Waals surface area contributed by atoms with Gasteiger partial charge in [-0.05, 0) is 36.8 Å². The molecule has 0 fully saturated rings. The number of benzene rings is 2. The molecule has 0 spiro atoms. The van der Waals surface area contributed by atoms with E-state index >= 15 is 0 Å². The molecule has 0 bridgehead atoms. The number of rotatable bonds is 6. The van der Waals surface area contributed by atoms with Gasteiger partial charge in [0, 0.05) is 12.8 Å². The van der Waals surface area contributed by atoms with Crippen molar-refractivity contribution in [1.82, 2.24) is 9.55 Å². The lowest BCUT2D eigenvalue weighted by atomic mass is 9.94. The zero-order valence-corrected chi connectivity index (χ0v) is 17.0. The Bertz CT molecular complexity index is 1140. The van der Waals surface area contributed by atoms with E-state index in [-0.39, 0.29) is 12.4 Å². The first-order chi connectivity index (χ1) is 14.5. The number of nitrogens with zero attached hydrogens (tertiary/aromatic N) is 2. The molecule has 1 aliphatic heterocycles. The molecular weight excluding hydrogens is 386 g/mol. The zero-order valence-electron chi connectivity index (χ0n) is 17.0. The maximum absolute atomic E-state index is 13.1. The fraction of sp³-hybridized carbons (Fsp3) is 0.273. The number of aromatic hydroxyl groups is 1. The number of allylic oxidation sites excluding steroid dienone is 1. The molecule has 0 aliphatic carbocycles. The molecule has 1 atom stereocenters. The van der Waals surface area contributed by atoms with Crippen molar-refractivity contribution >= 4 is 23.0 Å². The smallest absolute Gasteiger partial charge is 0.338 e. The Morgan fingerprint density at radius 3 is 2.77 bits per heavy atom. The van der Waals surface area contributed by atoms with Crippen LogP contribution in [0.5, 0.6) is 11.5 Å². The summed E-state index contributed by atoms with van der Waals surface area (Å²) in [4.78, 5) is 17.7. The third-order valence-electron chi connectivity index (χ3n) is 5.09. The van der Waals surface area contributed by atoms with Crippen molar-refractivity contribution < 1.29 is 24.1 Å². The van der Waals surface area contributed by atoms with E-state index in [1.807, 2.05) is 35.8 Å². The Labute approximate surface area is 173 Å². The standard InChI is InChI=1S/C22H23N3O5/c1-13-19(21(27)30-11-10-28-2)20(14-8-9-17(26)18(12-14)29-3)25-16-7-5-4-6-15(16)24-22(25)23-13/h4-9,12,20,26H,10-11H2,1-3H3,(H,23,24)/t20-/m1/s1. The number of phenolic OH excluding ortho intramolecular Hbond substituents is 1. The number of ether oxygens (including phenoxy) is 3. The molecule has 2 heterocycles. The Morgan fingerprint density at radius 1 is 1.20 bits per heavy atom. The lowest BCUT2D eigenvalue weighted by molar-refractivity contribution is -0.140. The second-order valence-corrected chi connectivity index (χ2v) is 6.92. The van der Waals surface area contributed by atoms with Crippen LogP contribution in [0.3, 0.4) is 0 Å². The largest absolute Gasteiger partial charge is 0.504 e. The first-order valence-electron chi connectivity index (χ1n) is 9.53. The minimum absolute atomic E-state index is 0.0239. The van der Waals surface area contributed by atoms with E-state index in [0.717, 1.165) is 16.6 Å². The highest BCUT2D eigenvalue weighted by atomic mass is 16.6. The fourth-order valence-electron chi connectivity index (χ4n) is 3.70. The summed E-state index contributed by atoms with van der Waals surface area (Å²) in [5.41, 5.74) is 3.53. The molecule has 1 aromatic heterocycles. The molecule has 0 radical (unpaired) electrons. The minimum Gasteiger partial charge on any atom is -0.504 e. The summed E-state index contributed by atoms with van der Waals surface area (Å²) in [5, 5.41) is 13.3. The zero-order chi connectivity index (χ0) is 21.3. The number of methoxy groups -OCH3 is 2. The van der Waals surface area contributed by atoms with Crippen molar-refractivity contribution in [3.63, 3.8) is 0 Å². The molecule has 4 rings (SSSR count). The molecule has 0 saturated carbocycles. The topological polar surface area (TPSA) is 94.8 Å². The molecule has 3 aromatic rings. The second kappa shape index (κ2) is 8.08. The maximum atomic E-state index is 13.1. The predicted octanol–water partition coefficient (Wildman–Crippen LogP) is 3.23. The lowest BCUT2D eigenvalue weighted by Crippen LogP contribution is -2.29. The second-order valence-electron chi connectivity index (χ2n) is 6.92. The van der Waals surface area contributed by atoms with Gasteiger partial charge in [0.1, 0.15) is 6.61 Å². The van der Waals surface area contributed by atoms with E-state index in [0.29, 0.717) is 29.6 Å². The van der Waals surface area contributed by atoms with Gasteiger partial charge in [-0.3, -0.25) is 4.57 Å². The molecule has 8 heteroatoms. The van der Waals surface area contributed by atoms with E-state index < -0.39 is 12.0 Å². The molecule has 8 nitrogen and oxygen atoms in total. The van der Waals surface area contributed by atoms with Gasteiger partial charge in [0.25, 0.3) is 0 Å². The van der Waals surface area contributed by atoms with Crippen LogP contribution >= 0.6 is 0 Å². The van der Waals surface area contributed by atoms with Crippen LogP contribution in [0.2, 0.25) is 0 Å². The Morgan fingerprint density at radius 2 is 2.00 bits per heavy atom. The fourth-order valence-corrected chi connectivity index (χ4v) is 3.70. The monoisotopic (exact) mass is 409 g/mol. The van der Waals surface area contributed by atoms with Crippen LogP contribution in [0.15, 0.2) is 53.7 Å². The number of anilines is 1. The Balaban J connectivity index is 1.89. The molecule has 0 saturated heterocycles. The first kappa shape index (κ1) is 19.8. The van der Waals surface area contributed by atoms with Crippen molar-refractivity contribution in [2.45, 2.75) is 13.0 Å². The highest BCUT2D eigenvalue weighted by Crippen LogP contribution is 2.41. The molecule has 156 valence electrons. The Hall–Kier alpha value is -3.52. The number of aromatic nitrogens is 2. The summed E-state index contributed by atoms with van der Waals surface area (Å²) in [6.45, 7) is 2.28. The predicted molar refractivity (Wildman–Crippen MR) is 112 cm³/mol. The molecule has 2 N–H and O–H groups in total. The van der Waals surface area contributed by atoms with Crippen LogP contribution in [0.25, 0.3) is 11.0 Å². The maximum Gasteiger partial charge on any atom is 0.338 e. The third-order valence-corrected chi connectivity index (χ3v) is 5.09.